The highest BCUT2D eigenvalue weighted by atomic mass is 19.1. The maximum atomic E-state index is 13.5. The van der Waals surface area contributed by atoms with Crippen molar-refractivity contribution >= 4 is 5.69 Å². The van der Waals surface area contributed by atoms with Gasteiger partial charge in [-0.2, -0.15) is 5.26 Å². The van der Waals surface area contributed by atoms with E-state index in [1.54, 1.807) is 12.1 Å². The summed E-state index contributed by atoms with van der Waals surface area (Å²) in [6, 6.07) is 7.05. The van der Waals surface area contributed by atoms with E-state index in [-0.39, 0.29) is 5.56 Å². The Kier molecular flexibility index (Phi) is 4.19. The van der Waals surface area contributed by atoms with Crippen molar-refractivity contribution in [3.8, 4) is 6.07 Å². The van der Waals surface area contributed by atoms with E-state index >= 15 is 0 Å². The summed E-state index contributed by atoms with van der Waals surface area (Å²) in [5.41, 5.74) is 0.896. The molecule has 2 unspecified atom stereocenters. The fourth-order valence-corrected chi connectivity index (χ4v) is 2.80. The summed E-state index contributed by atoms with van der Waals surface area (Å²) >= 11 is 0. The standard InChI is InChI=1S/C15H19FN2/c1-2-11-5-3-4-6-15(11)18-13-8-7-12(10-17)14(16)9-13/h7-9,11,15,18H,2-6H2,1H3. The van der Waals surface area contributed by atoms with Crippen molar-refractivity contribution in [2.45, 2.75) is 45.1 Å². The molecule has 1 saturated carbocycles. The first kappa shape index (κ1) is 12.9. The van der Waals surface area contributed by atoms with Gasteiger partial charge in [0.1, 0.15) is 11.9 Å². The van der Waals surface area contributed by atoms with Crippen LogP contribution in [0.2, 0.25) is 0 Å². The first-order valence-electron chi connectivity index (χ1n) is 6.70. The Morgan fingerprint density at radius 1 is 1.39 bits per heavy atom. The molecule has 0 aliphatic heterocycles. The van der Waals surface area contributed by atoms with Crippen LogP contribution in [0.25, 0.3) is 0 Å². The minimum Gasteiger partial charge on any atom is -0.382 e. The van der Waals surface area contributed by atoms with Gasteiger partial charge >= 0.3 is 0 Å². The highest BCUT2D eigenvalue weighted by molar-refractivity contribution is 5.48. The lowest BCUT2D eigenvalue weighted by Crippen LogP contribution is -2.31. The number of nitrogens with one attached hydrogen (secondary N) is 1. The SMILES string of the molecule is CCC1CCCCC1Nc1ccc(C#N)c(F)c1. The monoisotopic (exact) mass is 246 g/mol. The molecule has 2 atom stereocenters. The second kappa shape index (κ2) is 5.86. The number of nitrogens with zero attached hydrogens (tertiary/aromatic N) is 1. The third kappa shape index (κ3) is 2.81. The molecule has 0 aromatic heterocycles. The first-order valence-corrected chi connectivity index (χ1v) is 6.70. The Labute approximate surface area is 108 Å². The van der Waals surface area contributed by atoms with Crippen LogP contribution in [-0.2, 0) is 0 Å². The van der Waals surface area contributed by atoms with Gasteiger partial charge in [0.25, 0.3) is 0 Å². The van der Waals surface area contributed by atoms with Gasteiger partial charge in [0, 0.05) is 11.7 Å². The molecule has 0 radical (unpaired) electrons. The van der Waals surface area contributed by atoms with Crippen molar-refractivity contribution in [3.05, 3.63) is 29.6 Å². The van der Waals surface area contributed by atoms with Crippen LogP contribution < -0.4 is 5.32 Å². The molecule has 0 heterocycles. The molecule has 18 heavy (non-hydrogen) atoms. The topological polar surface area (TPSA) is 35.8 Å². The van der Waals surface area contributed by atoms with Crippen molar-refractivity contribution in [1.29, 1.82) is 5.26 Å². The van der Waals surface area contributed by atoms with Crippen LogP contribution in [0.1, 0.15) is 44.6 Å². The summed E-state index contributed by atoms with van der Waals surface area (Å²) < 4.78 is 13.5. The average molecular weight is 246 g/mol. The summed E-state index contributed by atoms with van der Waals surface area (Å²) in [4.78, 5) is 0. The number of nitriles is 1. The average Bonchev–Trinajstić information content (AvgIpc) is 2.39. The summed E-state index contributed by atoms with van der Waals surface area (Å²) in [5, 5.41) is 12.1. The largest absolute Gasteiger partial charge is 0.382 e. The minimum atomic E-state index is -0.439. The van der Waals surface area contributed by atoms with Gasteiger partial charge in [-0.3, -0.25) is 0 Å². The smallest absolute Gasteiger partial charge is 0.143 e. The van der Waals surface area contributed by atoms with Crippen molar-refractivity contribution in [2.24, 2.45) is 5.92 Å². The van der Waals surface area contributed by atoms with Gasteiger partial charge in [-0.15, -0.1) is 0 Å². The number of benzene rings is 1. The van der Waals surface area contributed by atoms with Crippen molar-refractivity contribution in [3.63, 3.8) is 0 Å². The molecule has 0 spiro atoms. The van der Waals surface area contributed by atoms with Crippen molar-refractivity contribution < 1.29 is 4.39 Å². The van der Waals surface area contributed by atoms with Crippen LogP contribution in [0.15, 0.2) is 18.2 Å². The zero-order valence-electron chi connectivity index (χ0n) is 10.7. The van der Waals surface area contributed by atoms with Crippen molar-refractivity contribution in [1.82, 2.24) is 0 Å². The van der Waals surface area contributed by atoms with E-state index in [1.807, 2.05) is 6.07 Å². The second-order valence-corrected chi connectivity index (χ2v) is 5.01. The van der Waals surface area contributed by atoms with Gasteiger partial charge in [-0.05, 0) is 37.0 Å². The molecule has 0 saturated heterocycles. The third-order valence-corrected chi connectivity index (χ3v) is 3.88. The van der Waals surface area contributed by atoms with Gasteiger partial charge in [-0.1, -0.05) is 26.2 Å². The van der Waals surface area contributed by atoms with Crippen LogP contribution in [0.3, 0.4) is 0 Å². The molecule has 0 bridgehead atoms. The summed E-state index contributed by atoms with van der Waals surface area (Å²) in [6.45, 7) is 2.21. The Morgan fingerprint density at radius 3 is 2.83 bits per heavy atom. The van der Waals surface area contributed by atoms with Crippen LogP contribution in [0.5, 0.6) is 0 Å². The minimum absolute atomic E-state index is 0.108. The number of anilines is 1. The van der Waals surface area contributed by atoms with Crippen molar-refractivity contribution in [2.75, 3.05) is 5.32 Å². The van der Waals surface area contributed by atoms with E-state index in [9.17, 15) is 4.39 Å². The fourth-order valence-electron chi connectivity index (χ4n) is 2.80. The third-order valence-electron chi connectivity index (χ3n) is 3.88. The number of hydrogen-bond acceptors (Lipinski definition) is 2. The molecule has 1 N–H and O–H groups in total. The van der Waals surface area contributed by atoms with Gasteiger partial charge in [-0.25, -0.2) is 4.39 Å². The first-order chi connectivity index (χ1) is 8.74. The molecule has 1 aliphatic carbocycles. The van der Waals surface area contributed by atoms with E-state index in [2.05, 4.69) is 12.2 Å². The number of halogens is 1. The molecule has 0 amide bonds. The molecule has 3 heteroatoms. The highest BCUT2D eigenvalue weighted by Crippen LogP contribution is 2.29. The molecule has 1 aliphatic rings. The van der Waals surface area contributed by atoms with Gasteiger partial charge in [0.2, 0.25) is 0 Å². The molecule has 1 aromatic rings. The molecule has 1 fully saturated rings. The number of rotatable bonds is 3. The summed E-state index contributed by atoms with van der Waals surface area (Å²) in [6.07, 6.45) is 6.12. The van der Waals surface area contributed by atoms with Crippen LogP contribution in [0.4, 0.5) is 10.1 Å². The fraction of sp³-hybridized carbons (Fsp3) is 0.533. The molecular formula is C15H19FN2. The summed E-state index contributed by atoms with van der Waals surface area (Å²) in [5.74, 6) is 0.240. The normalized spacial score (nSPS) is 23.4. The lowest BCUT2D eigenvalue weighted by molar-refractivity contribution is 0.317. The predicted molar refractivity (Wildman–Crippen MR) is 70.8 cm³/mol. The second-order valence-electron chi connectivity index (χ2n) is 5.01. The predicted octanol–water partition coefficient (Wildman–Crippen LogP) is 4.08. The van der Waals surface area contributed by atoms with Crippen LogP contribution >= 0.6 is 0 Å². The van der Waals surface area contributed by atoms with E-state index in [1.165, 1.54) is 25.3 Å². The van der Waals surface area contributed by atoms with Crippen LogP contribution in [0, 0.1) is 23.1 Å². The van der Waals surface area contributed by atoms with Crippen LogP contribution in [-0.4, -0.2) is 6.04 Å². The molecule has 1 aromatic carbocycles. The van der Waals surface area contributed by atoms with E-state index in [0.717, 1.165) is 18.5 Å². The Morgan fingerprint density at radius 2 is 2.17 bits per heavy atom. The Bertz CT molecular complexity index is 450. The lowest BCUT2D eigenvalue weighted by Gasteiger charge is -2.32. The molecule has 96 valence electrons. The van der Waals surface area contributed by atoms with E-state index in [0.29, 0.717) is 12.0 Å². The zero-order valence-corrected chi connectivity index (χ0v) is 10.7. The lowest BCUT2D eigenvalue weighted by atomic mass is 9.83. The van der Waals surface area contributed by atoms with Gasteiger partial charge in [0.05, 0.1) is 5.56 Å². The maximum Gasteiger partial charge on any atom is 0.143 e. The maximum absolute atomic E-state index is 13.5. The molecule has 2 rings (SSSR count). The Hall–Kier alpha value is -1.56. The number of hydrogen-bond donors (Lipinski definition) is 1. The van der Waals surface area contributed by atoms with Gasteiger partial charge in [0.15, 0.2) is 0 Å². The molecular weight excluding hydrogens is 227 g/mol. The summed E-state index contributed by atoms with van der Waals surface area (Å²) in [7, 11) is 0. The quantitative estimate of drug-likeness (QED) is 0.872. The highest BCUT2D eigenvalue weighted by Gasteiger charge is 2.23. The Balaban J connectivity index is 2.08. The molecule has 2 nitrogen and oxygen atoms in total. The van der Waals surface area contributed by atoms with E-state index < -0.39 is 5.82 Å². The van der Waals surface area contributed by atoms with Gasteiger partial charge < -0.3 is 5.32 Å². The zero-order chi connectivity index (χ0) is 13.0. The van der Waals surface area contributed by atoms with E-state index in [4.69, 9.17) is 5.26 Å².